The lowest BCUT2D eigenvalue weighted by atomic mass is 9.95. The van der Waals surface area contributed by atoms with Crippen LogP contribution in [0.15, 0.2) is 53.4 Å². The van der Waals surface area contributed by atoms with Crippen LogP contribution in [-0.2, 0) is 5.75 Å². The van der Waals surface area contributed by atoms with Crippen LogP contribution in [0.5, 0.6) is 0 Å². The van der Waals surface area contributed by atoms with E-state index in [4.69, 9.17) is 0 Å². The van der Waals surface area contributed by atoms with Crippen LogP contribution in [0, 0.1) is 0 Å². The largest absolute Gasteiger partial charge is 0.297 e. The average molecular weight is 284 g/mol. The highest BCUT2D eigenvalue weighted by atomic mass is 32.2. The third-order valence-corrected chi connectivity index (χ3v) is 4.73. The number of hydrogen-bond acceptors (Lipinski definition) is 3. The monoisotopic (exact) mass is 284 g/mol. The molecule has 2 nitrogen and oxygen atoms in total. The zero-order valence-electron chi connectivity index (χ0n) is 12.0. The van der Waals surface area contributed by atoms with Gasteiger partial charge >= 0.3 is 0 Å². The molecule has 3 rings (SSSR count). The molecule has 2 aromatic rings. The molecule has 0 spiro atoms. The van der Waals surface area contributed by atoms with E-state index in [0.29, 0.717) is 0 Å². The van der Waals surface area contributed by atoms with Crippen molar-refractivity contribution >= 4 is 11.8 Å². The SMILES string of the molecule is CN(C)CN[C@@H]1c2ccccc2CSc2ccccc21. The molecule has 1 N–H and O–H groups in total. The van der Waals surface area contributed by atoms with Crippen molar-refractivity contribution in [3.05, 3.63) is 65.2 Å². The molecule has 0 aromatic heterocycles. The molecular formula is C17H20N2S. The molecule has 20 heavy (non-hydrogen) atoms. The van der Waals surface area contributed by atoms with Gasteiger partial charge in [-0.2, -0.15) is 0 Å². The third kappa shape index (κ3) is 2.75. The molecule has 1 heterocycles. The topological polar surface area (TPSA) is 15.3 Å². The van der Waals surface area contributed by atoms with E-state index in [-0.39, 0.29) is 6.04 Å². The molecule has 0 saturated carbocycles. The molecule has 1 atom stereocenters. The van der Waals surface area contributed by atoms with Gasteiger partial charge in [0.15, 0.2) is 0 Å². The van der Waals surface area contributed by atoms with Crippen LogP contribution in [0.25, 0.3) is 0 Å². The van der Waals surface area contributed by atoms with Gasteiger partial charge in [0.25, 0.3) is 0 Å². The van der Waals surface area contributed by atoms with E-state index in [1.54, 1.807) is 0 Å². The number of fused-ring (bicyclic) bond motifs is 2. The van der Waals surface area contributed by atoms with Crippen molar-refractivity contribution in [1.82, 2.24) is 10.2 Å². The van der Waals surface area contributed by atoms with Gasteiger partial charge in [-0.15, -0.1) is 11.8 Å². The fourth-order valence-corrected chi connectivity index (χ4v) is 3.72. The smallest absolute Gasteiger partial charge is 0.0600 e. The standard InChI is InChI=1S/C17H20N2S/c1-19(2)12-18-17-14-8-4-3-7-13(14)11-20-16-10-6-5-9-15(16)17/h3-10,17-18H,11-12H2,1-2H3/t17-/m1/s1. The van der Waals surface area contributed by atoms with Crippen LogP contribution < -0.4 is 5.32 Å². The Morgan fingerprint density at radius 2 is 1.75 bits per heavy atom. The van der Waals surface area contributed by atoms with Gasteiger partial charge in [0.2, 0.25) is 0 Å². The van der Waals surface area contributed by atoms with Crippen LogP contribution in [-0.4, -0.2) is 25.7 Å². The second-order valence-electron chi connectivity index (χ2n) is 5.40. The number of benzene rings is 2. The van der Waals surface area contributed by atoms with Crippen LogP contribution in [0.3, 0.4) is 0 Å². The lowest BCUT2D eigenvalue weighted by molar-refractivity contribution is 0.352. The minimum atomic E-state index is 0.278. The van der Waals surface area contributed by atoms with Gasteiger partial charge in [-0.3, -0.25) is 10.2 Å². The summed E-state index contributed by atoms with van der Waals surface area (Å²) in [4.78, 5) is 3.56. The van der Waals surface area contributed by atoms with E-state index in [2.05, 4.69) is 72.8 Å². The third-order valence-electron chi connectivity index (χ3n) is 3.59. The fraction of sp³-hybridized carbons (Fsp3) is 0.294. The van der Waals surface area contributed by atoms with Gasteiger partial charge in [0.05, 0.1) is 6.04 Å². The van der Waals surface area contributed by atoms with E-state index in [1.807, 2.05) is 11.8 Å². The molecule has 104 valence electrons. The Morgan fingerprint density at radius 3 is 2.55 bits per heavy atom. The molecule has 0 saturated heterocycles. The first kappa shape index (κ1) is 13.7. The predicted octanol–water partition coefficient (Wildman–Crippen LogP) is 3.49. The molecule has 0 unspecified atom stereocenters. The van der Waals surface area contributed by atoms with Crippen molar-refractivity contribution < 1.29 is 0 Å². The zero-order chi connectivity index (χ0) is 13.9. The van der Waals surface area contributed by atoms with Gasteiger partial charge in [0, 0.05) is 17.3 Å². The first-order valence-corrected chi connectivity index (χ1v) is 7.92. The van der Waals surface area contributed by atoms with Crippen molar-refractivity contribution in [3.63, 3.8) is 0 Å². The van der Waals surface area contributed by atoms with Crippen molar-refractivity contribution in [3.8, 4) is 0 Å². The van der Waals surface area contributed by atoms with Crippen LogP contribution in [0.4, 0.5) is 0 Å². The number of hydrogen-bond donors (Lipinski definition) is 1. The number of nitrogens with zero attached hydrogens (tertiary/aromatic N) is 1. The first-order valence-electron chi connectivity index (χ1n) is 6.93. The highest BCUT2D eigenvalue weighted by Crippen LogP contribution is 2.38. The number of nitrogens with one attached hydrogen (secondary N) is 1. The number of thioether (sulfide) groups is 1. The zero-order valence-corrected chi connectivity index (χ0v) is 12.8. The van der Waals surface area contributed by atoms with Crippen molar-refractivity contribution in [2.75, 3.05) is 20.8 Å². The minimum absolute atomic E-state index is 0.278. The maximum absolute atomic E-state index is 3.69. The molecule has 3 heteroatoms. The Labute approximate surface area is 125 Å². The van der Waals surface area contributed by atoms with E-state index >= 15 is 0 Å². The summed E-state index contributed by atoms with van der Waals surface area (Å²) in [5.41, 5.74) is 4.24. The molecular weight excluding hydrogens is 264 g/mol. The maximum Gasteiger partial charge on any atom is 0.0600 e. The number of rotatable bonds is 3. The quantitative estimate of drug-likeness (QED) is 0.869. The van der Waals surface area contributed by atoms with Gasteiger partial charge in [-0.05, 0) is 36.9 Å². The second kappa shape index (κ2) is 6.00. The lowest BCUT2D eigenvalue weighted by Crippen LogP contribution is -2.32. The van der Waals surface area contributed by atoms with Gasteiger partial charge in [-0.25, -0.2) is 0 Å². The van der Waals surface area contributed by atoms with E-state index in [1.165, 1.54) is 21.6 Å². The van der Waals surface area contributed by atoms with E-state index in [0.717, 1.165) is 12.4 Å². The Morgan fingerprint density at radius 1 is 1.05 bits per heavy atom. The highest BCUT2D eigenvalue weighted by molar-refractivity contribution is 7.98. The van der Waals surface area contributed by atoms with Crippen molar-refractivity contribution in [2.24, 2.45) is 0 Å². The molecule has 0 bridgehead atoms. The normalized spacial score (nSPS) is 17.4. The van der Waals surface area contributed by atoms with Crippen LogP contribution >= 0.6 is 11.8 Å². The molecule has 2 aromatic carbocycles. The molecule has 0 amide bonds. The highest BCUT2D eigenvalue weighted by Gasteiger charge is 2.22. The molecule has 0 fully saturated rings. The summed E-state index contributed by atoms with van der Waals surface area (Å²) < 4.78 is 0. The molecule has 1 aliphatic heterocycles. The summed E-state index contributed by atoms with van der Waals surface area (Å²) in [5, 5.41) is 3.69. The van der Waals surface area contributed by atoms with Crippen LogP contribution in [0.1, 0.15) is 22.7 Å². The van der Waals surface area contributed by atoms with E-state index in [9.17, 15) is 0 Å². The Balaban J connectivity index is 2.04. The van der Waals surface area contributed by atoms with Crippen molar-refractivity contribution in [1.29, 1.82) is 0 Å². The van der Waals surface area contributed by atoms with E-state index < -0.39 is 0 Å². The Hall–Kier alpha value is -1.29. The second-order valence-corrected chi connectivity index (χ2v) is 6.42. The van der Waals surface area contributed by atoms with Crippen LogP contribution in [0.2, 0.25) is 0 Å². The average Bonchev–Trinajstić information content (AvgIpc) is 2.62. The summed E-state index contributed by atoms with van der Waals surface area (Å²) in [6.45, 7) is 0.873. The summed E-state index contributed by atoms with van der Waals surface area (Å²) in [6.07, 6.45) is 0. The van der Waals surface area contributed by atoms with Gasteiger partial charge in [-0.1, -0.05) is 42.5 Å². The van der Waals surface area contributed by atoms with Gasteiger partial charge in [0.1, 0.15) is 0 Å². The predicted molar refractivity (Wildman–Crippen MR) is 86.0 cm³/mol. The summed E-state index contributed by atoms with van der Waals surface area (Å²) >= 11 is 1.94. The molecule has 1 aliphatic rings. The summed E-state index contributed by atoms with van der Waals surface area (Å²) in [7, 11) is 4.19. The fourth-order valence-electron chi connectivity index (χ4n) is 2.61. The first-order chi connectivity index (χ1) is 9.75. The molecule has 0 aliphatic carbocycles. The Bertz CT molecular complexity index is 548. The summed E-state index contributed by atoms with van der Waals surface area (Å²) in [6, 6.07) is 17.8. The summed E-state index contributed by atoms with van der Waals surface area (Å²) in [5.74, 6) is 1.05. The van der Waals surface area contributed by atoms with Gasteiger partial charge < -0.3 is 0 Å². The lowest BCUT2D eigenvalue weighted by Gasteiger charge is -2.23. The maximum atomic E-state index is 3.69. The minimum Gasteiger partial charge on any atom is -0.297 e. The molecule has 0 radical (unpaired) electrons. The Kier molecular flexibility index (Phi) is 4.10. The van der Waals surface area contributed by atoms with Crippen molar-refractivity contribution in [2.45, 2.75) is 16.7 Å².